The molecular formula is C21H25ClN6O. The number of nitriles is 1. The van der Waals surface area contributed by atoms with Crippen molar-refractivity contribution in [3.63, 3.8) is 0 Å². The average Bonchev–Trinajstić information content (AvgIpc) is 2.97. The molecule has 4 rings (SSSR count). The zero-order valence-corrected chi connectivity index (χ0v) is 17.1. The number of allylic oxidation sites excluding steroid dienone is 1. The van der Waals surface area contributed by atoms with Gasteiger partial charge in [-0.15, -0.1) is 10.2 Å². The number of aliphatic hydroxyl groups excluding tert-OH is 1. The molecule has 0 atom stereocenters. The molecule has 7 nitrogen and oxygen atoms in total. The van der Waals surface area contributed by atoms with Gasteiger partial charge >= 0.3 is 0 Å². The lowest BCUT2D eigenvalue weighted by Crippen LogP contribution is -2.47. The summed E-state index contributed by atoms with van der Waals surface area (Å²) in [6, 6.07) is 10.0. The van der Waals surface area contributed by atoms with Crippen LogP contribution in [-0.4, -0.2) is 57.5 Å². The quantitative estimate of drug-likeness (QED) is 0.613. The summed E-state index contributed by atoms with van der Waals surface area (Å²) >= 11 is 6.31. The van der Waals surface area contributed by atoms with Gasteiger partial charge in [0.05, 0.1) is 17.3 Å². The number of nitrogens with zero attached hydrogens (tertiary/aromatic N) is 6. The van der Waals surface area contributed by atoms with Gasteiger partial charge < -0.3 is 14.6 Å². The zero-order chi connectivity index (χ0) is 20.2. The van der Waals surface area contributed by atoms with Crippen LogP contribution in [0, 0.1) is 11.3 Å². The normalized spacial score (nSPS) is 18.6. The Morgan fingerprint density at radius 1 is 1.07 bits per heavy atom. The fourth-order valence-electron chi connectivity index (χ4n) is 4.06. The molecule has 1 N–H and O–H groups in total. The molecule has 0 unspecified atom stereocenters. The second-order valence-corrected chi connectivity index (χ2v) is 7.96. The molecule has 0 amide bonds. The number of anilines is 1. The fraction of sp³-hybridized carbons (Fsp3) is 0.476. The number of benzene rings is 1. The van der Waals surface area contributed by atoms with E-state index in [2.05, 4.69) is 26.1 Å². The third-order valence-corrected chi connectivity index (χ3v) is 5.99. The second-order valence-electron chi connectivity index (χ2n) is 7.55. The summed E-state index contributed by atoms with van der Waals surface area (Å²) in [5.41, 5.74) is 1.27. The van der Waals surface area contributed by atoms with Crippen molar-refractivity contribution in [2.75, 3.05) is 37.6 Å². The van der Waals surface area contributed by atoms with Crippen LogP contribution >= 0.6 is 11.6 Å². The van der Waals surface area contributed by atoms with Crippen molar-refractivity contribution in [1.82, 2.24) is 19.7 Å². The molecule has 2 aliphatic rings. The minimum atomic E-state index is 0.0677. The summed E-state index contributed by atoms with van der Waals surface area (Å²) in [5.74, 6) is 1.47. The molecule has 0 aliphatic carbocycles. The van der Waals surface area contributed by atoms with Crippen molar-refractivity contribution < 1.29 is 5.11 Å². The van der Waals surface area contributed by atoms with Crippen LogP contribution in [0.5, 0.6) is 0 Å². The smallest absolute Gasteiger partial charge is 0.178 e. The van der Waals surface area contributed by atoms with Crippen molar-refractivity contribution in [3.8, 4) is 6.07 Å². The highest BCUT2D eigenvalue weighted by Crippen LogP contribution is 2.26. The van der Waals surface area contributed by atoms with E-state index in [0.717, 1.165) is 74.9 Å². The monoisotopic (exact) mass is 412 g/mol. The van der Waals surface area contributed by atoms with Gasteiger partial charge in [-0.1, -0.05) is 30.2 Å². The van der Waals surface area contributed by atoms with Crippen molar-refractivity contribution in [2.24, 2.45) is 0 Å². The van der Waals surface area contributed by atoms with E-state index in [1.807, 2.05) is 28.8 Å². The molecule has 0 spiro atoms. The zero-order valence-electron chi connectivity index (χ0n) is 16.4. The number of hydrogen-bond acceptors (Lipinski definition) is 6. The predicted molar refractivity (Wildman–Crippen MR) is 113 cm³/mol. The Morgan fingerprint density at radius 3 is 2.62 bits per heavy atom. The first-order valence-corrected chi connectivity index (χ1v) is 10.5. The van der Waals surface area contributed by atoms with Crippen LogP contribution < -0.4 is 4.90 Å². The first-order chi connectivity index (χ1) is 14.2. The third-order valence-electron chi connectivity index (χ3n) is 5.67. The molecule has 1 fully saturated rings. The van der Waals surface area contributed by atoms with Gasteiger partial charge in [-0.2, -0.15) is 5.26 Å². The van der Waals surface area contributed by atoms with Gasteiger partial charge in [0.1, 0.15) is 23.2 Å². The summed E-state index contributed by atoms with van der Waals surface area (Å²) in [6.45, 7) is 4.34. The third kappa shape index (κ3) is 4.24. The topological polar surface area (TPSA) is 81.2 Å². The first kappa shape index (κ1) is 19.7. The number of hydrogen-bond donors (Lipinski definition) is 1. The molecule has 1 saturated heterocycles. The lowest BCUT2D eigenvalue weighted by Gasteiger charge is -2.36. The van der Waals surface area contributed by atoms with Crippen LogP contribution in [0.15, 0.2) is 30.0 Å². The molecule has 1 aromatic heterocycles. The van der Waals surface area contributed by atoms with Crippen molar-refractivity contribution in [3.05, 3.63) is 46.7 Å². The van der Waals surface area contributed by atoms with Crippen LogP contribution in [0.1, 0.15) is 30.9 Å². The molecule has 0 bridgehead atoms. The molecule has 3 heterocycles. The Hall–Kier alpha value is -2.56. The Kier molecular flexibility index (Phi) is 6.02. The highest BCUT2D eigenvalue weighted by molar-refractivity contribution is 6.33. The average molecular weight is 413 g/mol. The molecule has 2 aromatic rings. The van der Waals surface area contributed by atoms with E-state index in [4.69, 9.17) is 11.6 Å². The van der Waals surface area contributed by atoms with Crippen LogP contribution in [-0.2, 0) is 13.0 Å². The van der Waals surface area contributed by atoms with Crippen LogP contribution in [0.4, 0.5) is 5.69 Å². The van der Waals surface area contributed by atoms with Crippen LogP contribution in [0.3, 0.4) is 0 Å². The molecule has 2 aliphatic heterocycles. The lowest BCUT2D eigenvalue weighted by atomic mass is 10.2. The molecule has 8 heteroatoms. The SMILES string of the molecule is N#C/C(=C(/O)CN1CCN(c2ccccc2Cl)CC1)c1nnc2n1CCCCC2. The van der Waals surface area contributed by atoms with E-state index >= 15 is 0 Å². The van der Waals surface area contributed by atoms with Crippen LogP contribution in [0.25, 0.3) is 5.57 Å². The molecular weight excluding hydrogens is 388 g/mol. The number of para-hydroxylation sites is 1. The maximum Gasteiger partial charge on any atom is 0.178 e. The van der Waals surface area contributed by atoms with Crippen molar-refractivity contribution >= 4 is 22.9 Å². The Labute approximate surface area is 175 Å². The van der Waals surface area contributed by atoms with E-state index in [-0.39, 0.29) is 11.3 Å². The number of fused-ring (bicyclic) bond motifs is 1. The summed E-state index contributed by atoms with van der Waals surface area (Å²) in [6.07, 6.45) is 4.15. The number of piperazine rings is 1. The van der Waals surface area contributed by atoms with Gasteiger partial charge in [0, 0.05) is 39.1 Å². The molecule has 0 saturated carbocycles. The fourth-order valence-corrected chi connectivity index (χ4v) is 4.31. The Balaban J connectivity index is 1.45. The molecule has 1 aromatic carbocycles. The highest BCUT2D eigenvalue weighted by Gasteiger charge is 2.24. The number of aryl methyl sites for hydroxylation is 1. The standard InChI is InChI=1S/C21H25ClN6O/c22-17-6-3-4-7-18(17)27-12-10-26(11-13-27)15-19(29)16(14-23)21-25-24-20-8-2-1-5-9-28(20)21/h3-4,6-7,29H,1-2,5,8-13,15H2/b19-16-. The summed E-state index contributed by atoms with van der Waals surface area (Å²) in [7, 11) is 0. The van der Waals surface area contributed by atoms with Gasteiger partial charge in [0.25, 0.3) is 0 Å². The first-order valence-electron chi connectivity index (χ1n) is 10.1. The molecule has 152 valence electrons. The largest absolute Gasteiger partial charge is 0.509 e. The minimum absolute atomic E-state index is 0.0677. The van der Waals surface area contributed by atoms with Crippen molar-refractivity contribution in [2.45, 2.75) is 32.2 Å². The van der Waals surface area contributed by atoms with Crippen LogP contribution in [0.2, 0.25) is 5.02 Å². The predicted octanol–water partition coefficient (Wildman–Crippen LogP) is 3.27. The van der Waals surface area contributed by atoms with E-state index in [1.54, 1.807) is 0 Å². The molecule has 29 heavy (non-hydrogen) atoms. The maximum absolute atomic E-state index is 10.7. The number of aromatic nitrogens is 3. The van der Waals surface area contributed by atoms with E-state index in [1.165, 1.54) is 0 Å². The summed E-state index contributed by atoms with van der Waals surface area (Å²) in [4.78, 5) is 4.41. The Bertz CT molecular complexity index is 939. The summed E-state index contributed by atoms with van der Waals surface area (Å²) in [5, 5.41) is 29.7. The number of rotatable bonds is 4. The van der Waals surface area contributed by atoms with E-state index in [0.29, 0.717) is 12.4 Å². The van der Waals surface area contributed by atoms with Gasteiger partial charge in [0.15, 0.2) is 5.82 Å². The Morgan fingerprint density at radius 2 is 1.86 bits per heavy atom. The van der Waals surface area contributed by atoms with E-state index < -0.39 is 0 Å². The van der Waals surface area contributed by atoms with Gasteiger partial charge in [-0.05, 0) is 25.0 Å². The minimum Gasteiger partial charge on any atom is -0.509 e. The van der Waals surface area contributed by atoms with Gasteiger partial charge in [0.2, 0.25) is 0 Å². The molecule has 0 radical (unpaired) electrons. The van der Waals surface area contributed by atoms with E-state index in [9.17, 15) is 10.4 Å². The van der Waals surface area contributed by atoms with Gasteiger partial charge in [-0.3, -0.25) is 4.90 Å². The second kappa shape index (κ2) is 8.85. The van der Waals surface area contributed by atoms with Gasteiger partial charge in [-0.25, -0.2) is 0 Å². The lowest BCUT2D eigenvalue weighted by molar-refractivity contribution is 0.239. The number of halogens is 1. The number of aliphatic hydroxyl groups is 1. The van der Waals surface area contributed by atoms with Crippen molar-refractivity contribution in [1.29, 1.82) is 5.26 Å². The maximum atomic E-state index is 10.7. The highest BCUT2D eigenvalue weighted by atomic mass is 35.5. The summed E-state index contributed by atoms with van der Waals surface area (Å²) < 4.78 is 2.00.